The van der Waals surface area contributed by atoms with Crippen LogP contribution < -0.4 is 31.1 Å². The lowest BCUT2D eigenvalue weighted by molar-refractivity contribution is 0.122. The summed E-state index contributed by atoms with van der Waals surface area (Å²) in [6.07, 6.45) is 11.0. The number of benzene rings is 3. The molecule has 2 fully saturated rings. The Kier molecular flexibility index (Phi) is 10.6. The summed E-state index contributed by atoms with van der Waals surface area (Å²) in [5.41, 5.74) is 2.98. The Balaban J connectivity index is 1.15. The maximum atomic E-state index is 5.63. The highest BCUT2D eigenvalue weighted by Gasteiger charge is 2.32. The summed E-state index contributed by atoms with van der Waals surface area (Å²) in [5.74, 6) is 2.70. The first-order valence-corrected chi connectivity index (χ1v) is 18.2. The minimum atomic E-state index is -0.939. The van der Waals surface area contributed by atoms with Crippen LogP contribution in [0.2, 0.25) is 0 Å². The maximum absolute atomic E-state index is 5.63. The predicted molar refractivity (Wildman–Crippen MR) is 212 cm³/mol. The van der Waals surface area contributed by atoms with E-state index in [1.165, 1.54) is 0 Å². The lowest BCUT2D eigenvalue weighted by Crippen LogP contribution is -2.46. The van der Waals surface area contributed by atoms with Crippen molar-refractivity contribution in [2.45, 2.75) is 12.1 Å². The molecule has 274 valence electrons. The topological polar surface area (TPSA) is 150 Å². The first-order chi connectivity index (χ1) is 26.6. The van der Waals surface area contributed by atoms with Crippen LogP contribution in [0.1, 0.15) is 12.0 Å². The maximum Gasteiger partial charge on any atom is 0.233 e. The van der Waals surface area contributed by atoms with Crippen molar-refractivity contribution in [2.75, 3.05) is 83.7 Å². The van der Waals surface area contributed by atoms with Gasteiger partial charge in [0.05, 0.1) is 26.4 Å². The van der Waals surface area contributed by atoms with Gasteiger partial charge < -0.3 is 40.5 Å². The van der Waals surface area contributed by atoms with Crippen LogP contribution in [0, 0.1) is 0 Å². The van der Waals surface area contributed by atoms with E-state index < -0.39 is 5.66 Å². The Morgan fingerprint density at radius 3 is 1.46 bits per heavy atom. The minimum absolute atomic E-state index is 0.379. The van der Waals surface area contributed by atoms with E-state index in [1.54, 1.807) is 0 Å². The molecule has 4 heterocycles. The summed E-state index contributed by atoms with van der Waals surface area (Å²) < 4.78 is 11.3. The molecule has 8 rings (SSSR count). The fraction of sp³-hybridized carbons (Fsp3) is 0.250. The summed E-state index contributed by atoms with van der Waals surface area (Å²) in [5, 5.41) is 14.0. The largest absolute Gasteiger partial charge is 0.378 e. The SMILES string of the molecule is C(=Cc1ccccc1)C1=CCC(Nc2nc(Nc3ccccc3)nc(N3CCOCC3)n2)(Nc2nc(Nc3ccccc3)nc(N3CCOCC3)n2)C=C1. The molecule has 3 aromatic carbocycles. The zero-order valence-electron chi connectivity index (χ0n) is 29.8. The van der Waals surface area contributed by atoms with Crippen LogP contribution in [-0.2, 0) is 9.47 Å². The Hall–Kier alpha value is -6.38. The van der Waals surface area contributed by atoms with E-state index in [9.17, 15) is 0 Å². The number of anilines is 8. The molecule has 54 heavy (non-hydrogen) atoms. The summed E-state index contributed by atoms with van der Waals surface area (Å²) >= 11 is 0. The Morgan fingerprint density at radius 1 is 0.537 bits per heavy atom. The van der Waals surface area contributed by atoms with Crippen molar-refractivity contribution in [2.24, 2.45) is 0 Å². The predicted octanol–water partition coefficient (Wildman–Crippen LogP) is 6.04. The highest BCUT2D eigenvalue weighted by atomic mass is 16.5. The van der Waals surface area contributed by atoms with Crippen molar-refractivity contribution in [3.63, 3.8) is 0 Å². The van der Waals surface area contributed by atoms with Gasteiger partial charge in [0.15, 0.2) is 0 Å². The van der Waals surface area contributed by atoms with Crippen LogP contribution in [0.3, 0.4) is 0 Å². The second-order valence-corrected chi connectivity index (χ2v) is 13.0. The lowest BCUT2D eigenvalue weighted by Gasteiger charge is -2.35. The number of nitrogens with one attached hydrogen (secondary N) is 4. The molecule has 4 N–H and O–H groups in total. The number of ether oxygens (including phenoxy) is 2. The van der Waals surface area contributed by atoms with Crippen LogP contribution in [0.15, 0.2) is 121 Å². The molecule has 0 bridgehead atoms. The second-order valence-electron chi connectivity index (χ2n) is 13.0. The van der Waals surface area contributed by atoms with Crippen molar-refractivity contribution in [1.82, 2.24) is 29.9 Å². The average molecular weight is 723 g/mol. The zero-order valence-corrected chi connectivity index (χ0v) is 29.8. The number of morpholine rings is 2. The lowest BCUT2D eigenvalue weighted by atomic mass is 9.96. The zero-order chi connectivity index (χ0) is 36.4. The van der Waals surface area contributed by atoms with E-state index in [4.69, 9.17) is 39.4 Å². The van der Waals surface area contributed by atoms with E-state index in [2.05, 4.69) is 73.6 Å². The molecule has 14 nitrogen and oxygen atoms in total. The highest BCUT2D eigenvalue weighted by molar-refractivity contribution is 5.61. The fourth-order valence-electron chi connectivity index (χ4n) is 6.21. The molecule has 2 aromatic heterocycles. The first-order valence-electron chi connectivity index (χ1n) is 18.2. The van der Waals surface area contributed by atoms with E-state index in [-0.39, 0.29) is 0 Å². The average Bonchev–Trinajstić information content (AvgIpc) is 3.22. The van der Waals surface area contributed by atoms with Crippen LogP contribution in [0.4, 0.5) is 47.1 Å². The fourth-order valence-corrected chi connectivity index (χ4v) is 6.21. The van der Waals surface area contributed by atoms with Crippen molar-refractivity contribution in [1.29, 1.82) is 0 Å². The van der Waals surface area contributed by atoms with Gasteiger partial charge in [-0.15, -0.1) is 0 Å². The Bertz CT molecular complexity index is 1980. The van der Waals surface area contributed by atoms with Crippen LogP contribution in [-0.4, -0.2) is 88.2 Å². The molecule has 0 unspecified atom stereocenters. The van der Waals surface area contributed by atoms with Gasteiger partial charge in [0, 0.05) is 44.0 Å². The summed E-state index contributed by atoms with van der Waals surface area (Å²) in [4.78, 5) is 33.5. The van der Waals surface area contributed by atoms with E-state index in [1.807, 2.05) is 78.9 Å². The first kappa shape index (κ1) is 34.7. The quantitative estimate of drug-likeness (QED) is 0.111. The third-order valence-electron chi connectivity index (χ3n) is 9.05. The van der Waals surface area contributed by atoms with Gasteiger partial charge in [0.1, 0.15) is 5.66 Å². The molecule has 0 atom stereocenters. The third kappa shape index (κ3) is 8.97. The Morgan fingerprint density at radius 2 is 1.00 bits per heavy atom. The van der Waals surface area contributed by atoms with E-state index in [0.717, 1.165) is 22.5 Å². The number of aromatic nitrogens is 6. The molecular formula is C40H42N12O2. The minimum Gasteiger partial charge on any atom is -0.378 e. The molecule has 1 aliphatic carbocycles. The molecule has 0 radical (unpaired) electrons. The molecule has 2 saturated heterocycles. The summed E-state index contributed by atoms with van der Waals surface area (Å²) in [6.45, 7) is 5.06. The summed E-state index contributed by atoms with van der Waals surface area (Å²) in [7, 11) is 0. The number of hydrogen-bond donors (Lipinski definition) is 4. The van der Waals surface area contributed by atoms with Crippen LogP contribution in [0.25, 0.3) is 6.08 Å². The van der Waals surface area contributed by atoms with Crippen molar-refractivity contribution in [3.8, 4) is 0 Å². The molecular weight excluding hydrogens is 681 g/mol. The third-order valence-corrected chi connectivity index (χ3v) is 9.05. The van der Waals surface area contributed by atoms with Crippen LogP contribution in [0.5, 0.6) is 0 Å². The monoisotopic (exact) mass is 722 g/mol. The van der Waals surface area contributed by atoms with Gasteiger partial charge in [0.2, 0.25) is 35.7 Å². The van der Waals surface area contributed by atoms with Gasteiger partial charge in [-0.3, -0.25) is 0 Å². The molecule has 3 aliphatic rings. The van der Waals surface area contributed by atoms with Gasteiger partial charge in [-0.1, -0.05) is 91.0 Å². The molecule has 0 spiro atoms. The number of para-hydroxylation sites is 2. The van der Waals surface area contributed by atoms with Crippen LogP contribution >= 0.6 is 0 Å². The van der Waals surface area contributed by atoms with Gasteiger partial charge >= 0.3 is 0 Å². The van der Waals surface area contributed by atoms with Gasteiger partial charge in [-0.25, -0.2) is 0 Å². The van der Waals surface area contributed by atoms with Crippen molar-refractivity contribution in [3.05, 3.63) is 126 Å². The molecule has 0 amide bonds. The normalized spacial score (nSPS) is 16.9. The van der Waals surface area contributed by atoms with Crippen molar-refractivity contribution < 1.29 is 9.47 Å². The van der Waals surface area contributed by atoms with E-state index >= 15 is 0 Å². The highest BCUT2D eigenvalue weighted by Crippen LogP contribution is 2.30. The number of rotatable bonds is 12. The van der Waals surface area contributed by atoms with Crippen molar-refractivity contribution >= 4 is 53.1 Å². The number of allylic oxidation sites excluding steroid dienone is 3. The van der Waals surface area contributed by atoms with Gasteiger partial charge in [-0.05, 0) is 41.5 Å². The second kappa shape index (κ2) is 16.5. The smallest absolute Gasteiger partial charge is 0.233 e. The molecule has 5 aromatic rings. The Labute approximate surface area is 314 Å². The van der Waals surface area contributed by atoms with Gasteiger partial charge in [-0.2, -0.15) is 29.9 Å². The summed E-state index contributed by atoms with van der Waals surface area (Å²) in [6, 6.07) is 29.9. The number of nitrogens with zero attached hydrogens (tertiary/aromatic N) is 8. The molecule has 0 saturated carbocycles. The molecule has 2 aliphatic heterocycles. The van der Waals surface area contributed by atoms with Gasteiger partial charge in [0.25, 0.3) is 0 Å². The standard InChI is InChI=1S/C40H42N12O2/c1-4-10-30(11-5-1)16-17-31-18-20-40(21-19-31,49-36-43-34(41-32-12-6-2-7-13-32)45-38(47-36)51-22-26-53-27-23-51)50-37-44-35(42-33-14-8-3-9-15-33)46-39(48-37)52-24-28-54-29-25-52/h1-20H,21-29H2,(H2,41,43,45,47,49)(H2,42,44,46,48,50). The number of hydrogen-bond acceptors (Lipinski definition) is 14. The molecule has 14 heteroatoms. The van der Waals surface area contributed by atoms with E-state index in [0.29, 0.717) is 94.7 Å².